The van der Waals surface area contributed by atoms with Crippen LogP contribution in [0.4, 0.5) is 0 Å². The van der Waals surface area contributed by atoms with E-state index in [1.807, 2.05) is 42.5 Å². The highest BCUT2D eigenvalue weighted by atomic mass is 35.5. The van der Waals surface area contributed by atoms with Crippen LogP contribution >= 0.6 is 69.6 Å². The van der Waals surface area contributed by atoms with Crippen LogP contribution in [0.15, 0.2) is 66.7 Å². The van der Waals surface area contributed by atoms with E-state index in [9.17, 15) is 0 Å². The van der Waals surface area contributed by atoms with E-state index in [-0.39, 0.29) is 5.02 Å². The number of ether oxygens (including phenoxy) is 1. The number of rotatable bonds is 4. The van der Waals surface area contributed by atoms with Gasteiger partial charge in [-0.3, -0.25) is 0 Å². The van der Waals surface area contributed by atoms with Crippen molar-refractivity contribution in [2.24, 2.45) is 0 Å². The first-order valence-corrected chi connectivity index (χ1v) is 11.6. The van der Waals surface area contributed by atoms with Crippen molar-refractivity contribution in [3.8, 4) is 39.1 Å². The number of halogens is 6. The van der Waals surface area contributed by atoms with Gasteiger partial charge >= 0.3 is 0 Å². The van der Waals surface area contributed by atoms with Crippen LogP contribution in [0.25, 0.3) is 33.4 Å². The third-order valence-corrected chi connectivity index (χ3v) is 7.01. The maximum Gasteiger partial charge on any atom is 0.135 e. The van der Waals surface area contributed by atoms with Gasteiger partial charge in [0.05, 0.1) is 32.2 Å². The zero-order valence-corrected chi connectivity index (χ0v) is 21.1. The summed E-state index contributed by atoms with van der Waals surface area (Å²) in [5, 5.41) is 2.22. The Morgan fingerprint density at radius 3 is 1.69 bits per heavy atom. The van der Waals surface area contributed by atoms with Crippen molar-refractivity contribution in [2.75, 3.05) is 7.11 Å². The summed E-state index contributed by atoms with van der Waals surface area (Å²) in [5.74, 6) is 0.562. The Morgan fingerprint density at radius 2 is 1.12 bits per heavy atom. The summed E-state index contributed by atoms with van der Waals surface area (Å²) in [7, 11) is 1.59. The zero-order valence-electron chi connectivity index (χ0n) is 16.5. The molecule has 0 aliphatic carbocycles. The van der Waals surface area contributed by atoms with Crippen molar-refractivity contribution in [3.63, 3.8) is 0 Å². The molecule has 0 bridgehead atoms. The molecule has 4 aromatic carbocycles. The van der Waals surface area contributed by atoms with Crippen LogP contribution in [0.5, 0.6) is 5.75 Å². The Hall–Kier alpha value is -1.58. The van der Waals surface area contributed by atoms with E-state index < -0.39 is 0 Å². The third kappa shape index (κ3) is 4.43. The molecular weight excluding hydrogens is 529 g/mol. The van der Waals surface area contributed by atoms with Crippen LogP contribution in [0, 0.1) is 0 Å². The quantitative estimate of drug-likeness (QED) is 0.233. The molecule has 0 unspecified atom stereocenters. The average Bonchev–Trinajstić information content (AvgIpc) is 2.76. The van der Waals surface area contributed by atoms with Crippen LogP contribution < -0.4 is 4.74 Å². The van der Waals surface area contributed by atoms with Crippen molar-refractivity contribution < 1.29 is 4.74 Å². The molecule has 0 amide bonds. The first-order valence-electron chi connectivity index (χ1n) is 9.38. The fourth-order valence-corrected chi connectivity index (χ4v) is 5.25. The number of methoxy groups -OCH3 is 1. The van der Waals surface area contributed by atoms with Crippen LogP contribution in [0.2, 0.25) is 30.1 Å². The monoisotopic (exact) mass is 540 g/mol. The second-order valence-electron chi connectivity index (χ2n) is 6.93. The lowest BCUT2D eigenvalue weighted by Gasteiger charge is -2.20. The van der Waals surface area contributed by atoms with Gasteiger partial charge in [-0.15, -0.1) is 0 Å². The molecule has 0 heterocycles. The minimum absolute atomic E-state index is 0.289. The molecular formula is C25H14Cl6O. The van der Waals surface area contributed by atoms with Gasteiger partial charge < -0.3 is 4.74 Å². The van der Waals surface area contributed by atoms with Gasteiger partial charge in [0, 0.05) is 21.7 Å². The van der Waals surface area contributed by atoms with Gasteiger partial charge in [0.15, 0.2) is 0 Å². The summed E-state index contributed by atoms with van der Waals surface area (Å²) in [4.78, 5) is 0. The minimum Gasteiger partial charge on any atom is -0.495 e. The van der Waals surface area contributed by atoms with Gasteiger partial charge in [-0.05, 0) is 47.0 Å². The molecule has 0 N–H and O–H groups in total. The van der Waals surface area contributed by atoms with Crippen molar-refractivity contribution in [2.45, 2.75) is 0 Å². The Bertz CT molecular complexity index is 1270. The molecule has 0 spiro atoms. The van der Waals surface area contributed by atoms with E-state index in [1.165, 1.54) is 0 Å². The molecule has 0 radical (unpaired) electrons. The van der Waals surface area contributed by atoms with E-state index in [0.29, 0.717) is 42.0 Å². The fraction of sp³-hybridized carbons (Fsp3) is 0.0400. The van der Waals surface area contributed by atoms with E-state index in [0.717, 1.165) is 22.3 Å². The molecule has 0 fully saturated rings. The Balaban J connectivity index is 2.11. The maximum absolute atomic E-state index is 6.54. The molecule has 32 heavy (non-hydrogen) atoms. The van der Waals surface area contributed by atoms with Crippen LogP contribution in [-0.4, -0.2) is 7.11 Å². The second-order valence-corrected chi connectivity index (χ2v) is 9.38. The second kappa shape index (κ2) is 9.73. The summed E-state index contributed by atoms with van der Waals surface area (Å²) < 4.78 is 5.93. The van der Waals surface area contributed by atoms with Crippen LogP contribution in [0.1, 0.15) is 0 Å². The van der Waals surface area contributed by atoms with E-state index in [2.05, 4.69) is 0 Å². The van der Waals surface area contributed by atoms with Gasteiger partial charge in [0.1, 0.15) is 5.75 Å². The number of benzene rings is 4. The highest BCUT2D eigenvalue weighted by Crippen LogP contribution is 2.50. The Labute approximate surface area is 216 Å². The molecule has 4 rings (SSSR count). The molecule has 0 aliphatic rings. The molecule has 0 aromatic heterocycles. The third-order valence-electron chi connectivity index (χ3n) is 5.00. The summed E-state index contributed by atoms with van der Waals surface area (Å²) in [6.45, 7) is 0. The lowest BCUT2D eigenvalue weighted by Crippen LogP contribution is -1.96. The molecule has 0 atom stereocenters. The lowest BCUT2D eigenvalue weighted by atomic mass is 9.89. The predicted molar refractivity (Wildman–Crippen MR) is 139 cm³/mol. The maximum atomic E-state index is 6.54. The molecule has 0 saturated carbocycles. The average molecular weight is 543 g/mol. The van der Waals surface area contributed by atoms with Gasteiger partial charge in [-0.2, -0.15) is 0 Å². The largest absolute Gasteiger partial charge is 0.495 e. The van der Waals surface area contributed by atoms with Gasteiger partial charge in [-0.1, -0.05) is 106 Å². The predicted octanol–water partition coefficient (Wildman–Crippen LogP) is 10.6. The van der Waals surface area contributed by atoms with Crippen molar-refractivity contribution in [1.29, 1.82) is 0 Å². The summed E-state index contributed by atoms with van der Waals surface area (Å²) >= 11 is 38.2. The molecule has 7 heteroatoms. The van der Waals surface area contributed by atoms with E-state index in [4.69, 9.17) is 74.3 Å². The van der Waals surface area contributed by atoms with E-state index in [1.54, 1.807) is 31.4 Å². The topological polar surface area (TPSA) is 9.23 Å². The highest BCUT2D eigenvalue weighted by Gasteiger charge is 2.23. The van der Waals surface area contributed by atoms with Crippen molar-refractivity contribution in [1.82, 2.24) is 0 Å². The van der Waals surface area contributed by atoms with Gasteiger partial charge in [0.2, 0.25) is 0 Å². The van der Waals surface area contributed by atoms with E-state index >= 15 is 0 Å². The molecule has 162 valence electrons. The lowest BCUT2D eigenvalue weighted by molar-refractivity contribution is 0.418. The SMILES string of the molecule is COc1c(-c2c(Cl)cc(Cl)cc2Cl)ccc(-c2ccccc2)c1-c1cc(Cl)c(Cl)c(Cl)c1. The summed E-state index contributed by atoms with van der Waals surface area (Å²) in [6.07, 6.45) is 0. The molecule has 0 saturated heterocycles. The molecule has 4 aromatic rings. The van der Waals surface area contributed by atoms with Gasteiger partial charge in [0.25, 0.3) is 0 Å². The van der Waals surface area contributed by atoms with Crippen molar-refractivity contribution in [3.05, 3.63) is 96.9 Å². The zero-order chi connectivity index (χ0) is 23.0. The van der Waals surface area contributed by atoms with Crippen molar-refractivity contribution >= 4 is 69.6 Å². The summed E-state index contributed by atoms with van der Waals surface area (Å²) in [5.41, 5.74) is 4.74. The summed E-state index contributed by atoms with van der Waals surface area (Å²) in [6, 6.07) is 20.6. The smallest absolute Gasteiger partial charge is 0.135 e. The Morgan fingerprint density at radius 1 is 0.562 bits per heavy atom. The fourth-order valence-electron chi connectivity index (χ4n) is 3.64. The first kappa shape index (κ1) is 23.6. The highest BCUT2D eigenvalue weighted by molar-refractivity contribution is 6.48. The molecule has 1 nitrogen and oxygen atoms in total. The first-order chi connectivity index (χ1) is 15.3. The standard InChI is InChI=1S/C25H14Cl6O/c1-32-25-17(23-18(27)11-15(26)12-19(23)28)8-7-16(13-5-3-2-4-6-13)22(25)14-9-20(29)24(31)21(30)10-14/h2-12H,1H3. The van der Waals surface area contributed by atoms with Gasteiger partial charge in [-0.25, -0.2) is 0 Å². The van der Waals surface area contributed by atoms with Crippen LogP contribution in [0.3, 0.4) is 0 Å². The number of hydrogen-bond acceptors (Lipinski definition) is 1. The minimum atomic E-state index is 0.289. The Kier molecular flexibility index (Phi) is 7.17. The molecule has 0 aliphatic heterocycles. The normalized spacial score (nSPS) is 11.0. The number of hydrogen-bond donors (Lipinski definition) is 0. The van der Waals surface area contributed by atoms with Crippen LogP contribution in [-0.2, 0) is 0 Å².